The number of hydrogen-bond acceptors (Lipinski definition) is 4. The molecule has 0 atom stereocenters. The molecule has 1 rings (SSSR count). The Bertz CT molecular complexity index is 409. The van der Waals surface area contributed by atoms with Crippen LogP contribution >= 0.6 is 0 Å². The lowest BCUT2D eigenvalue weighted by molar-refractivity contribution is -0.137. The van der Waals surface area contributed by atoms with Gasteiger partial charge >= 0.3 is 5.97 Å². The van der Waals surface area contributed by atoms with Gasteiger partial charge in [-0.25, -0.2) is 4.79 Å². The van der Waals surface area contributed by atoms with E-state index in [4.69, 9.17) is 14.2 Å². The second kappa shape index (κ2) is 10.0. The average Bonchev–Trinajstić information content (AvgIpc) is 2.47. The first kappa shape index (κ1) is 16.2. The maximum Gasteiger partial charge on any atom is 0.330 e. The van der Waals surface area contributed by atoms with Crippen LogP contribution in [0.3, 0.4) is 0 Å². The van der Waals surface area contributed by atoms with Crippen LogP contribution in [0.5, 0.6) is 5.75 Å². The molecular formula is C16H22O4. The number of carbonyl (C=O) groups is 1. The Morgan fingerprint density at radius 1 is 1.15 bits per heavy atom. The van der Waals surface area contributed by atoms with E-state index in [1.54, 1.807) is 13.2 Å². The van der Waals surface area contributed by atoms with Gasteiger partial charge in [-0.1, -0.05) is 12.1 Å². The van der Waals surface area contributed by atoms with Crippen molar-refractivity contribution in [3.8, 4) is 5.75 Å². The Labute approximate surface area is 120 Å². The van der Waals surface area contributed by atoms with Crippen LogP contribution in [0.4, 0.5) is 0 Å². The summed E-state index contributed by atoms with van der Waals surface area (Å²) in [5, 5.41) is 0. The molecule has 20 heavy (non-hydrogen) atoms. The molecule has 110 valence electrons. The molecule has 0 spiro atoms. The number of rotatable bonds is 9. The standard InChI is InChI=1S/C16H22O4/c1-3-19-15-9-6-14(7-10-15)8-11-16(17)20-13-5-4-12-18-2/h6-11H,3-5,12-13H2,1-2H3. The highest BCUT2D eigenvalue weighted by Gasteiger charge is 1.97. The first-order chi connectivity index (χ1) is 9.76. The molecule has 0 fully saturated rings. The number of benzene rings is 1. The molecule has 0 bridgehead atoms. The molecule has 1 aromatic rings. The van der Waals surface area contributed by atoms with E-state index < -0.39 is 0 Å². The Hall–Kier alpha value is -1.81. The van der Waals surface area contributed by atoms with Gasteiger partial charge in [0.05, 0.1) is 13.2 Å². The van der Waals surface area contributed by atoms with E-state index in [-0.39, 0.29) is 5.97 Å². The minimum atomic E-state index is -0.323. The van der Waals surface area contributed by atoms with Gasteiger partial charge in [-0.3, -0.25) is 0 Å². The van der Waals surface area contributed by atoms with Crippen molar-refractivity contribution < 1.29 is 19.0 Å². The zero-order chi connectivity index (χ0) is 14.6. The molecule has 0 amide bonds. The molecule has 0 aliphatic rings. The zero-order valence-electron chi connectivity index (χ0n) is 12.1. The molecule has 0 aromatic heterocycles. The highest BCUT2D eigenvalue weighted by Crippen LogP contribution is 2.13. The second-order valence-corrected chi connectivity index (χ2v) is 4.20. The number of hydrogen-bond donors (Lipinski definition) is 0. The van der Waals surface area contributed by atoms with E-state index >= 15 is 0 Å². The Balaban J connectivity index is 2.29. The van der Waals surface area contributed by atoms with E-state index in [2.05, 4.69) is 0 Å². The Morgan fingerprint density at radius 2 is 1.85 bits per heavy atom. The monoisotopic (exact) mass is 278 g/mol. The van der Waals surface area contributed by atoms with Gasteiger partial charge in [-0.05, 0) is 43.5 Å². The van der Waals surface area contributed by atoms with Gasteiger partial charge in [-0.2, -0.15) is 0 Å². The van der Waals surface area contributed by atoms with Gasteiger partial charge in [0.1, 0.15) is 5.75 Å². The molecule has 0 aliphatic heterocycles. The maximum atomic E-state index is 11.5. The van der Waals surface area contributed by atoms with E-state index in [1.165, 1.54) is 6.08 Å². The fourth-order valence-corrected chi connectivity index (χ4v) is 1.58. The third-order valence-corrected chi connectivity index (χ3v) is 2.59. The predicted octanol–water partition coefficient (Wildman–Crippen LogP) is 3.07. The van der Waals surface area contributed by atoms with Gasteiger partial charge in [0, 0.05) is 19.8 Å². The summed E-state index contributed by atoms with van der Waals surface area (Å²) >= 11 is 0. The first-order valence-electron chi connectivity index (χ1n) is 6.83. The lowest BCUT2D eigenvalue weighted by Crippen LogP contribution is -2.03. The van der Waals surface area contributed by atoms with Crippen molar-refractivity contribution in [1.29, 1.82) is 0 Å². The molecule has 0 radical (unpaired) electrons. The number of unbranched alkanes of at least 4 members (excludes halogenated alkanes) is 1. The SMILES string of the molecule is CCOc1ccc(C=CC(=O)OCCCCOC)cc1. The molecule has 0 N–H and O–H groups in total. The largest absolute Gasteiger partial charge is 0.494 e. The zero-order valence-corrected chi connectivity index (χ0v) is 12.1. The van der Waals surface area contributed by atoms with Crippen LogP contribution in [0.25, 0.3) is 6.08 Å². The lowest BCUT2D eigenvalue weighted by atomic mass is 10.2. The number of carbonyl (C=O) groups excluding carboxylic acids is 1. The van der Waals surface area contributed by atoms with Gasteiger partial charge in [0.25, 0.3) is 0 Å². The van der Waals surface area contributed by atoms with Crippen molar-refractivity contribution in [2.45, 2.75) is 19.8 Å². The lowest BCUT2D eigenvalue weighted by Gasteiger charge is -2.03. The summed E-state index contributed by atoms with van der Waals surface area (Å²) in [4.78, 5) is 11.5. The summed E-state index contributed by atoms with van der Waals surface area (Å²) in [6.45, 7) is 3.70. The summed E-state index contributed by atoms with van der Waals surface area (Å²) < 4.78 is 15.3. The molecule has 4 nitrogen and oxygen atoms in total. The van der Waals surface area contributed by atoms with Gasteiger partial charge in [0.2, 0.25) is 0 Å². The van der Waals surface area contributed by atoms with E-state index in [0.29, 0.717) is 19.8 Å². The summed E-state index contributed by atoms with van der Waals surface area (Å²) in [5.74, 6) is 0.502. The molecule has 0 saturated carbocycles. The van der Waals surface area contributed by atoms with E-state index in [0.717, 1.165) is 24.2 Å². The fourth-order valence-electron chi connectivity index (χ4n) is 1.58. The molecule has 1 aromatic carbocycles. The quantitative estimate of drug-likeness (QED) is 0.395. The van der Waals surface area contributed by atoms with Gasteiger partial charge in [-0.15, -0.1) is 0 Å². The van der Waals surface area contributed by atoms with Crippen molar-refractivity contribution in [2.75, 3.05) is 26.9 Å². The third kappa shape index (κ3) is 6.95. The second-order valence-electron chi connectivity index (χ2n) is 4.20. The molecule has 0 unspecified atom stereocenters. The summed E-state index contributed by atoms with van der Waals surface area (Å²) in [6.07, 6.45) is 4.88. The normalized spacial score (nSPS) is 10.7. The smallest absolute Gasteiger partial charge is 0.330 e. The summed E-state index contributed by atoms with van der Waals surface area (Å²) in [7, 11) is 1.66. The van der Waals surface area contributed by atoms with Crippen LogP contribution in [0.1, 0.15) is 25.3 Å². The first-order valence-corrected chi connectivity index (χ1v) is 6.83. The number of ether oxygens (including phenoxy) is 3. The van der Waals surface area contributed by atoms with Crippen molar-refractivity contribution >= 4 is 12.0 Å². The highest BCUT2D eigenvalue weighted by molar-refractivity contribution is 5.87. The predicted molar refractivity (Wildman–Crippen MR) is 78.7 cm³/mol. The third-order valence-electron chi connectivity index (χ3n) is 2.59. The Morgan fingerprint density at radius 3 is 2.50 bits per heavy atom. The maximum absolute atomic E-state index is 11.5. The molecule has 0 heterocycles. The molecule has 0 saturated heterocycles. The van der Waals surface area contributed by atoms with Crippen LogP contribution in [0.2, 0.25) is 0 Å². The number of methoxy groups -OCH3 is 1. The minimum Gasteiger partial charge on any atom is -0.494 e. The summed E-state index contributed by atoms with van der Waals surface area (Å²) in [5.41, 5.74) is 0.935. The fraction of sp³-hybridized carbons (Fsp3) is 0.438. The van der Waals surface area contributed by atoms with Gasteiger partial charge in [0.15, 0.2) is 0 Å². The van der Waals surface area contributed by atoms with Crippen LogP contribution in [-0.2, 0) is 14.3 Å². The minimum absolute atomic E-state index is 0.323. The Kier molecular flexibility index (Phi) is 8.15. The average molecular weight is 278 g/mol. The van der Waals surface area contributed by atoms with Crippen LogP contribution in [0, 0.1) is 0 Å². The van der Waals surface area contributed by atoms with Crippen LogP contribution < -0.4 is 4.74 Å². The van der Waals surface area contributed by atoms with Crippen LogP contribution in [0.15, 0.2) is 30.3 Å². The van der Waals surface area contributed by atoms with E-state index in [1.807, 2.05) is 31.2 Å². The van der Waals surface area contributed by atoms with E-state index in [9.17, 15) is 4.79 Å². The molecular weight excluding hydrogens is 256 g/mol. The van der Waals surface area contributed by atoms with Crippen molar-refractivity contribution in [3.05, 3.63) is 35.9 Å². The molecule has 4 heteroatoms. The van der Waals surface area contributed by atoms with Crippen molar-refractivity contribution in [3.63, 3.8) is 0 Å². The highest BCUT2D eigenvalue weighted by atomic mass is 16.5. The molecule has 0 aliphatic carbocycles. The topological polar surface area (TPSA) is 44.8 Å². The van der Waals surface area contributed by atoms with Crippen molar-refractivity contribution in [2.24, 2.45) is 0 Å². The van der Waals surface area contributed by atoms with Crippen LogP contribution in [-0.4, -0.2) is 32.9 Å². The van der Waals surface area contributed by atoms with Gasteiger partial charge < -0.3 is 14.2 Å². The van der Waals surface area contributed by atoms with Crippen molar-refractivity contribution in [1.82, 2.24) is 0 Å². The number of esters is 1. The summed E-state index contributed by atoms with van der Waals surface area (Å²) in [6, 6.07) is 7.54.